The van der Waals surface area contributed by atoms with Crippen molar-refractivity contribution in [3.05, 3.63) is 93.0 Å². The highest BCUT2D eigenvalue weighted by Crippen LogP contribution is 2.36. The number of amides is 1. The Labute approximate surface area is 174 Å². The van der Waals surface area contributed by atoms with Crippen molar-refractivity contribution in [3.8, 4) is 5.75 Å². The van der Waals surface area contributed by atoms with Crippen LogP contribution in [0.1, 0.15) is 22.3 Å². The Kier molecular flexibility index (Phi) is 5.23. The maximum Gasteiger partial charge on any atom is 0.270 e. The number of carbonyl (C=O) groups excluding carboxylic acids is 1. The summed E-state index contributed by atoms with van der Waals surface area (Å²) in [4.78, 5) is 25.7. The number of fused-ring (bicyclic) bond motifs is 2. The number of hydrogen-bond donors (Lipinski definition) is 0. The van der Waals surface area contributed by atoms with Gasteiger partial charge in [-0.15, -0.1) is 0 Å². The van der Waals surface area contributed by atoms with Crippen LogP contribution >= 0.6 is 0 Å². The van der Waals surface area contributed by atoms with Gasteiger partial charge in [-0.3, -0.25) is 19.8 Å². The predicted molar refractivity (Wildman–Crippen MR) is 116 cm³/mol. The van der Waals surface area contributed by atoms with Gasteiger partial charge < -0.3 is 4.74 Å². The molecule has 0 saturated heterocycles. The minimum atomic E-state index is -0.431. The molecule has 0 radical (unpaired) electrons. The fourth-order valence-corrected chi connectivity index (χ4v) is 4.01. The molecule has 0 spiro atoms. The normalized spacial score (nSPS) is 12.5. The Morgan fingerprint density at radius 1 is 0.967 bits per heavy atom. The molecular formula is C24H22N2O4. The summed E-state index contributed by atoms with van der Waals surface area (Å²) >= 11 is 0. The summed E-state index contributed by atoms with van der Waals surface area (Å²) in [6.45, 7) is 3.33. The number of anilines is 2. The average molecular weight is 402 g/mol. The first kappa shape index (κ1) is 19.6. The van der Waals surface area contributed by atoms with Crippen LogP contribution in [0.25, 0.3) is 0 Å². The number of nitrogens with zero attached hydrogens (tertiary/aromatic N) is 2. The fraction of sp³-hybridized carbons (Fsp3) is 0.208. The topological polar surface area (TPSA) is 72.7 Å². The molecule has 6 heteroatoms. The van der Waals surface area contributed by atoms with Crippen molar-refractivity contribution in [2.45, 2.75) is 26.7 Å². The van der Waals surface area contributed by atoms with Gasteiger partial charge in [0.2, 0.25) is 0 Å². The molecule has 0 bridgehead atoms. The fourth-order valence-electron chi connectivity index (χ4n) is 4.01. The van der Waals surface area contributed by atoms with E-state index in [0.717, 1.165) is 35.3 Å². The van der Waals surface area contributed by atoms with E-state index in [9.17, 15) is 14.9 Å². The minimum Gasteiger partial charge on any atom is -0.483 e. The highest BCUT2D eigenvalue weighted by atomic mass is 16.6. The Morgan fingerprint density at radius 3 is 1.97 bits per heavy atom. The van der Waals surface area contributed by atoms with E-state index in [2.05, 4.69) is 0 Å². The number of aryl methyl sites for hydroxylation is 4. The summed E-state index contributed by atoms with van der Waals surface area (Å²) in [7, 11) is 0. The second kappa shape index (κ2) is 7.99. The summed E-state index contributed by atoms with van der Waals surface area (Å²) in [5.41, 5.74) is 5.24. The highest BCUT2D eigenvalue weighted by Gasteiger charge is 2.26. The smallest absolute Gasteiger partial charge is 0.270 e. The van der Waals surface area contributed by atoms with E-state index in [-0.39, 0.29) is 18.2 Å². The lowest BCUT2D eigenvalue weighted by Crippen LogP contribution is -2.31. The van der Waals surface area contributed by atoms with Crippen LogP contribution in [0.4, 0.5) is 17.1 Å². The van der Waals surface area contributed by atoms with Crippen LogP contribution in [0, 0.1) is 24.0 Å². The van der Waals surface area contributed by atoms with Crippen molar-refractivity contribution in [2.24, 2.45) is 0 Å². The zero-order chi connectivity index (χ0) is 21.3. The van der Waals surface area contributed by atoms with E-state index >= 15 is 0 Å². The quantitative estimate of drug-likeness (QED) is 0.452. The molecule has 4 rings (SSSR count). The number of rotatable bonds is 4. The number of benzene rings is 3. The predicted octanol–water partition coefficient (Wildman–Crippen LogP) is 5.05. The van der Waals surface area contributed by atoms with Gasteiger partial charge in [0.05, 0.1) is 16.3 Å². The molecule has 1 aliphatic rings. The zero-order valence-corrected chi connectivity index (χ0v) is 16.9. The third kappa shape index (κ3) is 3.64. The molecule has 3 aromatic carbocycles. The van der Waals surface area contributed by atoms with Crippen LogP contribution < -0.4 is 9.64 Å². The van der Waals surface area contributed by atoms with Gasteiger partial charge in [-0.25, -0.2) is 0 Å². The maximum atomic E-state index is 13.3. The Bertz CT molecular complexity index is 1070. The molecule has 30 heavy (non-hydrogen) atoms. The summed E-state index contributed by atoms with van der Waals surface area (Å²) in [5.74, 6) is 0.319. The van der Waals surface area contributed by atoms with Crippen LogP contribution in [0.15, 0.2) is 60.7 Å². The van der Waals surface area contributed by atoms with Gasteiger partial charge >= 0.3 is 0 Å². The first-order chi connectivity index (χ1) is 14.5. The van der Waals surface area contributed by atoms with Gasteiger partial charge in [0.25, 0.3) is 11.6 Å². The van der Waals surface area contributed by atoms with Gasteiger partial charge in [-0.1, -0.05) is 36.4 Å². The lowest BCUT2D eigenvalue weighted by Gasteiger charge is -2.25. The number of carbonyl (C=O) groups is 1. The SMILES string of the molecule is Cc1cc([N+](=O)[O-])cc(C)c1OCC(=O)N1c2ccccc2CCc2ccccc21. The maximum absolute atomic E-state index is 13.3. The number of non-ortho nitro benzene ring substituents is 1. The number of ether oxygens (including phenoxy) is 1. The summed E-state index contributed by atoms with van der Waals surface area (Å²) < 4.78 is 5.87. The molecule has 0 atom stereocenters. The molecular weight excluding hydrogens is 380 g/mol. The molecule has 0 unspecified atom stereocenters. The first-order valence-electron chi connectivity index (χ1n) is 9.83. The summed E-state index contributed by atoms with van der Waals surface area (Å²) in [6, 6.07) is 18.8. The van der Waals surface area contributed by atoms with E-state index in [0.29, 0.717) is 16.9 Å². The van der Waals surface area contributed by atoms with Crippen molar-refractivity contribution in [1.82, 2.24) is 0 Å². The Morgan fingerprint density at radius 2 is 1.47 bits per heavy atom. The van der Waals surface area contributed by atoms with Crippen molar-refractivity contribution in [1.29, 1.82) is 0 Å². The monoisotopic (exact) mass is 402 g/mol. The number of nitro benzene ring substituents is 1. The Hall–Kier alpha value is -3.67. The zero-order valence-electron chi connectivity index (χ0n) is 16.9. The molecule has 6 nitrogen and oxygen atoms in total. The van der Waals surface area contributed by atoms with Crippen LogP contribution in [-0.2, 0) is 17.6 Å². The number of nitro groups is 1. The first-order valence-corrected chi connectivity index (χ1v) is 9.83. The highest BCUT2D eigenvalue weighted by molar-refractivity contribution is 6.03. The summed E-state index contributed by atoms with van der Waals surface area (Å²) in [6.07, 6.45) is 1.72. The van der Waals surface area contributed by atoms with Crippen LogP contribution in [-0.4, -0.2) is 17.4 Å². The van der Waals surface area contributed by atoms with Crippen molar-refractivity contribution < 1.29 is 14.5 Å². The van der Waals surface area contributed by atoms with Crippen molar-refractivity contribution >= 4 is 23.0 Å². The molecule has 0 aromatic heterocycles. The van der Waals surface area contributed by atoms with Crippen molar-refractivity contribution in [2.75, 3.05) is 11.5 Å². The van der Waals surface area contributed by atoms with E-state index in [1.165, 1.54) is 12.1 Å². The molecule has 152 valence electrons. The molecule has 0 N–H and O–H groups in total. The molecule has 1 heterocycles. The summed E-state index contributed by atoms with van der Waals surface area (Å²) in [5, 5.41) is 11.1. The second-order valence-electron chi connectivity index (χ2n) is 7.44. The average Bonchev–Trinajstić information content (AvgIpc) is 2.89. The molecule has 0 fully saturated rings. The third-order valence-electron chi connectivity index (χ3n) is 5.37. The molecule has 1 amide bonds. The van der Waals surface area contributed by atoms with Gasteiger partial charge in [0.15, 0.2) is 6.61 Å². The molecule has 1 aliphatic heterocycles. The van der Waals surface area contributed by atoms with E-state index in [4.69, 9.17) is 4.74 Å². The van der Waals surface area contributed by atoms with Crippen LogP contribution in [0.3, 0.4) is 0 Å². The van der Waals surface area contributed by atoms with E-state index < -0.39 is 4.92 Å². The van der Waals surface area contributed by atoms with E-state index in [1.807, 2.05) is 48.5 Å². The van der Waals surface area contributed by atoms with E-state index in [1.54, 1.807) is 18.7 Å². The lowest BCUT2D eigenvalue weighted by molar-refractivity contribution is -0.385. The van der Waals surface area contributed by atoms with Gasteiger partial charge in [0.1, 0.15) is 5.75 Å². The lowest BCUT2D eigenvalue weighted by atomic mass is 10.0. The van der Waals surface area contributed by atoms with Crippen molar-refractivity contribution in [3.63, 3.8) is 0 Å². The largest absolute Gasteiger partial charge is 0.483 e. The second-order valence-corrected chi connectivity index (χ2v) is 7.44. The minimum absolute atomic E-state index is 0.0130. The third-order valence-corrected chi connectivity index (χ3v) is 5.37. The van der Waals surface area contributed by atoms with Gasteiger partial charge in [0, 0.05) is 12.1 Å². The van der Waals surface area contributed by atoms with Crippen LogP contribution in [0.5, 0.6) is 5.75 Å². The molecule has 0 saturated carbocycles. The van der Waals surface area contributed by atoms with Crippen LogP contribution in [0.2, 0.25) is 0 Å². The molecule has 3 aromatic rings. The Balaban J connectivity index is 1.65. The van der Waals surface area contributed by atoms with Gasteiger partial charge in [-0.2, -0.15) is 0 Å². The number of hydrogen-bond acceptors (Lipinski definition) is 4. The number of para-hydroxylation sites is 2. The molecule has 0 aliphatic carbocycles. The standard InChI is InChI=1S/C24H22N2O4/c1-16-13-20(26(28)29)14-17(2)24(16)30-15-23(27)25-21-9-5-3-7-18(21)11-12-19-8-4-6-10-22(19)25/h3-10,13-14H,11-12,15H2,1-2H3. The van der Waals surface area contributed by atoms with Gasteiger partial charge in [-0.05, 0) is 61.1 Å².